The molecule has 1 heterocycles. The van der Waals surface area contributed by atoms with Gasteiger partial charge in [-0.3, -0.25) is 9.59 Å². The average Bonchev–Trinajstić information content (AvgIpc) is 2.88. The smallest absolute Gasteiger partial charge is 0.336 e. The minimum Gasteiger partial charge on any atom is -0.478 e. The molecule has 10 heteroatoms. The first-order valence-electron chi connectivity index (χ1n) is 11.9. The number of hydrogen-bond donors (Lipinski definition) is 4. The highest BCUT2D eigenvalue weighted by atomic mass is 16.4. The molecule has 10 nitrogen and oxygen atoms in total. The molecular formula is C28H30N5O5+. The van der Waals surface area contributed by atoms with Crippen LogP contribution >= 0.6 is 0 Å². The molecule has 196 valence electrons. The number of carboxylic acid groups (broad SMARTS) is 1. The number of rotatable bonds is 7. The first-order chi connectivity index (χ1) is 18.0. The number of nitrogens with one attached hydrogen (secondary N) is 1. The fourth-order valence-electron chi connectivity index (χ4n) is 4.20. The van der Waals surface area contributed by atoms with Crippen LogP contribution in [0, 0.1) is 0 Å². The minimum atomic E-state index is -1.19. The first-order valence-corrected chi connectivity index (χ1v) is 11.9. The highest BCUT2D eigenvalue weighted by Crippen LogP contribution is 2.42. The second-order valence-corrected chi connectivity index (χ2v) is 9.41. The van der Waals surface area contributed by atoms with Gasteiger partial charge in [-0.15, -0.1) is 0 Å². The van der Waals surface area contributed by atoms with E-state index in [4.69, 9.17) is 15.9 Å². The lowest BCUT2D eigenvalue weighted by Gasteiger charge is -2.19. The summed E-state index contributed by atoms with van der Waals surface area (Å²) >= 11 is 0. The zero-order valence-electron chi connectivity index (χ0n) is 21.6. The SMILES string of the molecule is CN(C)c1ccc2c(-c3ccc(C(=O)NC[C@H](N)C(N)=O)cc3C(=O)O)c3ccc(=[N+](C)C)cc-3oc2c1. The molecule has 0 fully saturated rings. The lowest BCUT2D eigenvalue weighted by Crippen LogP contribution is -2.45. The van der Waals surface area contributed by atoms with E-state index in [1.807, 2.05) is 74.1 Å². The number of carboxylic acids is 1. The third kappa shape index (κ3) is 5.07. The van der Waals surface area contributed by atoms with E-state index in [0.29, 0.717) is 22.5 Å². The van der Waals surface area contributed by atoms with E-state index in [2.05, 4.69) is 5.32 Å². The van der Waals surface area contributed by atoms with E-state index in [1.54, 1.807) is 6.07 Å². The molecule has 2 aliphatic rings. The Morgan fingerprint density at radius 2 is 1.74 bits per heavy atom. The molecule has 2 amide bonds. The summed E-state index contributed by atoms with van der Waals surface area (Å²) < 4.78 is 8.27. The van der Waals surface area contributed by atoms with Crippen molar-refractivity contribution in [3.05, 3.63) is 71.1 Å². The summed E-state index contributed by atoms with van der Waals surface area (Å²) in [5.74, 6) is -1.93. The van der Waals surface area contributed by atoms with Crippen LogP contribution in [0.5, 0.6) is 0 Å². The molecule has 2 aromatic carbocycles. The van der Waals surface area contributed by atoms with Gasteiger partial charge in [-0.2, -0.15) is 0 Å². The first kappa shape index (κ1) is 26.4. The standard InChI is InChI=1S/C28H29N5O5/c1-32(2)16-6-9-19-23(12-16)38-24-13-17(33(3)4)7-10-20(24)25(19)18-8-5-15(11-21(18)28(36)37)27(35)31-14-22(29)26(30)34/h5-13,22H,14,29H2,1-4H3,(H3-,30,31,34,35,36,37)/p+1/t22-/m0/s1. The molecule has 1 aliphatic carbocycles. The van der Waals surface area contributed by atoms with Gasteiger partial charge in [0.1, 0.15) is 31.5 Å². The molecule has 0 unspecified atom stereocenters. The van der Waals surface area contributed by atoms with Gasteiger partial charge in [-0.05, 0) is 35.9 Å². The van der Waals surface area contributed by atoms with Crippen LogP contribution in [0.3, 0.4) is 0 Å². The van der Waals surface area contributed by atoms with Crippen molar-refractivity contribution in [2.24, 2.45) is 11.5 Å². The van der Waals surface area contributed by atoms with Gasteiger partial charge in [-0.1, -0.05) is 6.07 Å². The predicted octanol–water partition coefficient (Wildman–Crippen LogP) is 1.54. The molecule has 1 atom stereocenters. The van der Waals surface area contributed by atoms with Crippen LogP contribution in [0.15, 0.2) is 59.0 Å². The molecule has 0 saturated heterocycles. The molecule has 2 aromatic rings. The van der Waals surface area contributed by atoms with Gasteiger partial charge in [0.2, 0.25) is 11.3 Å². The number of benzene rings is 3. The van der Waals surface area contributed by atoms with E-state index in [-0.39, 0.29) is 17.7 Å². The zero-order valence-corrected chi connectivity index (χ0v) is 21.6. The van der Waals surface area contributed by atoms with Gasteiger partial charge in [0.05, 0.1) is 11.6 Å². The van der Waals surface area contributed by atoms with Crippen molar-refractivity contribution in [2.45, 2.75) is 6.04 Å². The molecule has 38 heavy (non-hydrogen) atoms. The number of amides is 2. The summed E-state index contributed by atoms with van der Waals surface area (Å²) in [6.45, 7) is -0.170. The van der Waals surface area contributed by atoms with Gasteiger partial charge in [0.25, 0.3) is 5.91 Å². The molecule has 0 saturated carbocycles. The second-order valence-electron chi connectivity index (χ2n) is 9.41. The van der Waals surface area contributed by atoms with Crippen molar-refractivity contribution >= 4 is 34.4 Å². The van der Waals surface area contributed by atoms with Gasteiger partial charge < -0.3 is 31.2 Å². The predicted molar refractivity (Wildman–Crippen MR) is 146 cm³/mol. The van der Waals surface area contributed by atoms with Gasteiger partial charge in [0.15, 0.2) is 0 Å². The Morgan fingerprint density at radius 3 is 2.37 bits per heavy atom. The quantitative estimate of drug-likeness (QED) is 0.215. The molecule has 0 radical (unpaired) electrons. The summed E-state index contributed by atoms with van der Waals surface area (Å²) in [5.41, 5.74) is 14.1. The average molecular weight is 517 g/mol. The summed E-state index contributed by atoms with van der Waals surface area (Å²) in [4.78, 5) is 38.3. The minimum absolute atomic E-state index is 0.0565. The maximum Gasteiger partial charge on any atom is 0.336 e. The van der Waals surface area contributed by atoms with E-state index in [9.17, 15) is 19.5 Å². The highest BCUT2D eigenvalue weighted by molar-refractivity contribution is 6.09. The molecule has 4 rings (SSSR count). The number of fused-ring (bicyclic) bond motifs is 2. The lowest BCUT2D eigenvalue weighted by molar-refractivity contribution is -0.119. The van der Waals surface area contributed by atoms with Gasteiger partial charge in [-0.25, -0.2) is 9.37 Å². The van der Waals surface area contributed by atoms with Crippen molar-refractivity contribution in [1.82, 2.24) is 9.89 Å². The second kappa shape index (κ2) is 10.3. The van der Waals surface area contributed by atoms with Crippen molar-refractivity contribution in [2.75, 3.05) is 39.6 Å². The van der Waals surface area contributed by atoms with Crippen LogP contribution in [0.4, 0.5) is 5.69 Å². The number of nitrogens with two attached hydrogens (primary N) is 2. The third-order valence-electron chi connectivity index (χ3n) is 6.35. The summed E-state index contributed by atoms with van der Waals surface area (Å²) in [5, 5.41) is 14.3. The van der Waals surface area contributed by atoms with Crippen molar-refractivity contribution < 1.29 is 23.9 Å². The number of primary amides is 1. The highest BCUT2D eigenvalue weighted by Gasteiger charge is 2.24. The Kier molecular flexibility index (Phi) is 7.18. The Bertz CT molecular complexity index is 1620. The maximum atomic E-state index is 12.7. The topological polar surface area (TPSA) is 155 Å². The van der Waals surface area contributed by atoms with Crippen molar-refractivity contribution in [3.63, 3.8) is 0 Å². The molecule has 6 N–H and O–H groups in total. The number of carbonyl (C=O) groups excluding carboxylic acids is 2. The number of nitrogens with zero attached hydrogens (tertiary/aromatic N) is 2. The monoisotopic (exact) mass is 516 g/mol. The zero-order chi connectivity index (χ0) is 27.7. The molecule has 0 aromatic heterocycles. The fraction of sp³-hybridized carbons (Fsp3) is 0.214. The summed E-state index contributed by atoms with van der Waals surface area (Å²) in [7, 11) is 7.71. The Balaban J connectivity index is 1.95. The van der Waals surface area contributed by atoms with E-state index < -0.39 is 23.8 Å². The molecular weight excluding hydrogens is 486 g/mol. The van der Waals surface area contributed by atoms with E-state index >= 15 is 0 Å². The maximum absolute atomic E-state index is 12.7. The van der Waals surface area contributed by atoms with Gasteiger partial charge in [0, 0.05) is 60.5 Å². The summed E-state index contributed by atoms with van der Waals surface area (Å²) in [6.07, 6.45) is 0. The van der Waals surface area contributed by atoms with Crippen LogP contribution < -0.4 is 31.6 Å². The molecule has 0 spiro atoms. The number of carbonyl (C=O) groups is 3. The van der Waals surface area contributed by atoms with Gasteiger partial charge >= 0.3 is 5.97 Å². The van der Waals surface area contributed by atoms with Crippen molar-refractivity contribution in [3.8, 4) is 22.5 Å². The lowest BCUT2D eigenvalue weighted by atomic mass is 9.89. The largest absolute Gasteiger partial charge is 0.478 e. The molecule has 1 aliphatic heterocycles. The normalized spacial score (nSPS) is 11.8. The van der Waals surface area contributed by atoms with Crippen LogP contribution in [0.1, 0.15) is 20.7 Å². The third-order valence-corrected chi connectivity index (χ3v) is 6.35. The number of hydrogen-bond acceptors (Lipinski definition) is 6. The van der Waals surface area contributed by atoms with Crippen molar-refractivity contribution in [1.29, 1.82) is 0 Å². The van der Waals surface area contributed by atoms with Crippen LogP contribution in [-0.2, 0) is 4.79 Å². The van der Waals surface area contributed by atoms with Crippen LogP contribution in [0.25, 0.3) is 33.4 Å². The number of aromatic carboxylic acids is 1. The van der Waals surface area contributed by atoms with E-state index in [1.165, 1.54) is 12.1 Å². The fourth-order valence-corrected chi connectivity index (χ4v) is 4.20. The Labute approximate surface area is 219 Å². The number of anilines is 1. The Hall–Kier alpha value is -4.70. The summed E-state index contributed by atoms with van der Waals surface area (Å²) in [6, 6.07) is 14.9. The van der Waals surface area contributed by atoms with E-state index in [0.717, 1.165) is 22.0 Å². The molecule has 0 bridgehead atoms. The van der Waals surface area contributed by atoms with Crippen LogP contribution in [0.2, 0.25) is 0 Å². The van der Waals surface area contributed by atoms with Crippen LogP contribution in [-0.4, -0.2) is 63.7 Å². The Morgan fingerprint density at radius 1 is 1.03 bits per heavy atom.